The van der Waals surface area contributed by atoms with Crippen molar-refractivity contribution in [1.29, 1.82) is 5.26 Å². The summed E-state index contributed by atoms with van der Waals surface area (Å²) >= 11 is 0. The Balaban J connectivity index is 0.00000115. The number of benzene rings is 2. The van der Waals surface area contributed by atoms with Gasteiger partial charge in [0.1, 0.15) is 11.3 Å². The maximum atomic E-state index is 16.1. The van der Waals surface area contributed by atoms with Crippen molar-refractivity contribution in [2.24, 2.45) is 0 Å². The average molecular weight is 495 g/mol. The first kappa shape index (κ1) is 28.3. The van der Waals surface area contributed by atoms with Crippen molar-refractivity contribution in [3.8, 4) is 6.07 Å². The van der Waals surface area contributed by atoms with Gasteiger partial charge in [0.15, 0.2) is 0 Å². The van der Waals surface area contributed by atoms with Crippen molar-refractivity contribution >= 4 is 0 Å². The Morgan fingerprint density at radius 1 is 0.861 bits per heavy atom. The van der Waals surface area contributed by atoms with Gasteiger partial charge < -0.3 is 0 Å². The molecule has 0 aromatic heterocycles. The van der Waals surface area contributed by atoms with Crippen LogP contribution >= 0.6 is 0 Å². The molecule has 0 heterocycles. The lowest BCUT2D eigenvalue weighted by atomic mass is 9.80. The molecule has 2 nitrogen and oxygen atoms in total. The highest BCUT2D eigenvalue weighted by Gasteiger charge is 2.42. The van der Waals surface area contributed by atoms with Gasteiger partial charge in [-0.25, -0.2) is 8.78 Å². The van der Waals surface area contributed by atoms with Gasteiger partial charge in [-0.05, 0) is 99.4 Å². The number of halogens is 2. The Labute approximate surface area is 217 Å². The van der Waals surface area contributed by atoms with Crippen molar-refractivity contribution in [2.45, 2.75) is 115 Å². The van der Waals surface area contributed by atoms with E-state index in [4.69, 9.17) is 5.26 Å². The van der Waals surface area contributed by atoms with E-state index in [1.54, 1.807) is 6.07 Å². The molecule has 0 spiro atoms. The summed E-state index contributed by atoms with van der Waals surface area (Å²) in [5.74, 6) is 0. The Kier molecular flexibility index (Phi) is 10.5. The second-order valence-electron chi connectivity index (χ2n) is 10.5. The predicted octanol–water partition coefficient (Wildman–Crippen LogP) is 8.93. The minimum Gasteiger partial charge on any atom is -0.296 e. The molecule has 4 rings (SSSR count). The molecule has 196 valence electrons. The largest absolute Gasteiger partial charge is 0.296 e. The van der Waals surface area contributed by atoms with Gasteiger partial charge in [-0.2, -0.15) is 5.26 Å². The zero-order valence-electron chi connectivity index (χ0n) is 22.5. The standard InChI is InChI=1S/C30H41F2N.C2H3N/c1-3-25(33(4-2)23-24-13-6-5-7-14-24)17-18-26-27(29(31)19-8-9-20-29)15-12-16-28(26)30(32)21-10-11-22-30;1-2-3/h5-7,12-16,25H,3-4,8-11,17-23H2,1-2H3;1H3. The van der Waals surface area contributed by atoms with Crippen molar-refractivity contribution in [3.63, 3.8) is 0 Å². The minimum absolute atomic E-state index is 0.398. The van der Waals surface area contributed by atoms with Crippen LogP contribution in [0.4, 0.5) is 8.78 Å². The molecule has 1 unspecified atom stereocenters. The van der Waals surface area contributed by atoms with Gasteiger partial charge in [0.05, 0.1) is 6.07 Å². The fraction of sp³-hybridized carbons (Fsp3) is 0.594. The molecule has 0 amide bonds. The third-order valence-electron chi connectivity index (χ3n) is 8.28. The Bertz CT molecular complexity index is 929. The van der Waals surface area contributed by atoms with Crippen molar-refractivity contribution in [2.75, 3.05) is 6.54 Å². The van der Waals surface area contributed by atoms with Gasteiger partial charge in [0.2, 0.25) is 0 Å². The number of nitriles is 1. The zero-order valence-corrected chi connectivity index (χ0v) is 22.5. The molecular formula is C32H44F2N2. The number of nitrogens with zero attached hydrogens (tertiary/aromatic N) is 2. The van der Waals surface area contributed by atoms with E-state index >= 15 is 8.78 Å². The molecule has 2 aromatic carbocycles. The summed E-state index contributed by atoms with van der Waals surface area (Å²) < 4.78 is 32.2. The van der Waals surface area contributed by atoms with Crippen LogP contribution in [0.3, 0.4) is 0 Å². The molecule has 2 aromatic rings. The molecule has 2 fully saturated rings. The van der Waals surface area contributed by atoms with Gasteiger partial charge >= 0.3 is 0 Å². The van der Waals surface area contributed by atoms with Gasteiger partial charge in [-0.15, -0.1) is 0 Å². The van der Waals surface area contributed by atoms with Crippen molar-refractivity contribution in [3.05, 3.63) is 70.8 Å². The molecule has 1 atom stereocenters. The molecule has 0 bridgehead atoms. The monoisotopic (exact) mass is 494 g/mol. The third kappa shape index (κ3) is 6.74. The summed E-state index contributed by atoms with van der Waals surface area (Å²) in [6.45, 7) is 7.79. The lowest BCUT2D eigenvalue weighted by Gasteiger charge is -2.33. The molecule has 2 aliphatic rings. The fourth-order valence-corrected chi connectivity index (χ4v) is 6.38. The van der Waals surface area contributed by atoms with Crippen LogP contribution < -0.4 is 0 Å². The molecule has 36 heavy (non-hydrogen) atoms. The van der Waals surface area contributed by atoms with E-state index in [1.165, 1.54) is 12.5 Å². The Morgan fingerprint density at radius 2 is 1.36 bits per heavy atom. The van der Waals surface area contributed by atoms with Gasteiger partial charge in [-0.3, -0.25) is 4.90 Å². The molecule has 0 radical (unpaired) electrons. The highest BCUT2D eigenvalue weighted by atomic mass is 19.1. The molecule has 2 aliphatic carbocycles. The molecule has 4 heteroatoms. The topological polar surface area (TPSA) is 27.0 Å². The average Bonchev–Trinajstić information content (AvgIpc) is 3.54. The summed E-state index contributed by atoms with van der Waals surface area (Å²) in [6, 6.07) is 18.6. The maximum Gasteiger partial charge on any atom is 0.136 e. The normalized spacial score (nSPS) is 18.9. The first-order valence-corrected chi connectivity index (χ1v) is 14.0. The molecule has 0 aliphatic heterocycles. The first-order chi connectivity index (χ1) is 17.4. The SMILES string of the molecule is CC#N.CCC(CCc1c(C2(F)CCCC2)cccc1C1(F)CCCC1)N(CC)Cc1ccccc1. The van der Waals surface area contributed by atoms with E-state index in [9.17, 15) is 0 Å². The van der Waals surface area contributed by atoms with Crippen LogP contribution in [-0.4, -0.2) is 17.5 Å². The van der Waals surface area contributed by atoms with Gasteiger partial charge in [-0.1, -0.05) is 62.4 Å². The smallest absolute Gasteiger partial charge is 0.136 e. The van der Waals surface area contributed by atoms with E-state index in [2.05, 4.69) is 49.1 Å². The number of alkyl halides is 2. The van der Waals surface area contributed by atoms with E-state index in [0.29, 0.717) is 31.7 Å². The van der Waals surface area contributed by atoms with Crippen LogP contribution in [0.2, 0.25) is 0 Å². The van der Waals surface area contributed by atoms with Gasteiger partial charge in [0, 0.05) is 19.5 Å². The van der Waals surface area contributed by atoms with E-state index < -0.39 is 11.3 Å². The van der Waals surface area contributed by atoms with Crippen LogP contribution in [0.1, 0.15) is 107 Å². The summed E-state index contributed by atoms with van der Waals surface area (Å²) in [6.07, 6.45) is 8.77. The predicted molar refractivity (Wildman–Crippen MR) is 145 cm³/mol. The quantitative estimate of drug-likeness (QED) is 0.330. The van der Waals surface area contributed by atoms with Crippen LogP contribution in [0.5, 0.6) is 0 Å². The minimum atomic E-state index is -1.28. The Hall–Kier alpha value is -2.25. The summed E-state index contributed by atoms with van der Waals surface area (Å²) in [5.41, 5.74) is 1.33. The van der Waals surface area contributed by atoms with Crippen LogP contribution in [0.15, 0.2) is 48.5 Å². The second kappa shape index (κ2) is 13.3. The van der Waals surface area contributed by atoms with E-state index in [1.807, 2.05) is 18.2 Å². The molecule has 2 saturated carbocycles. The lowest BCUT2D eigenvalue weighted by Crippen LogP contribution is -2.35. The lowest BCUT2D eigenvalue weighted by molar-refractivity contribution is 0.159. The van der Waals surface area contributed by atoms with Crippen LogP contribution in [-0.2, 0) is 24.3 Å². The summed E-state index contributed by atoms with van der Waals surface area (Å²) in [7, 11) is 0. The number of hydrogen-bond donors (Lipinski definition) is 0. The van der Waals surface area contributed by atoms with Crippen LogP contribution in [0, 0.1) is 11.3 Å². The zero-order chi connectivity index (χ0) is 26.0. The first-order valence-electron chi connectivity index (χ1n) is 14.0. The number of hydrogen-bond acceptors (Lipinski definition) is 2. The molecular weight excluding hydrogens is 450 g/mol. The van der Waals surface area contributed by atoms with Gasteiger partial charge in [0.25, 0.3) is 0 Å². The van der Waals surface area contributed by atoms with Crippen molar-refractivity contribution in [1.82, 2.24) is 4.90 Å². The molecule has 0 saturated heterocycles. The highest BCUT2D eigenvalue weighted by molar-refractivity contribution is 5.43. The fourth-order valence-electron chi connectivity index (χ4n) is 6.38. The van der Waals surface area contributed by atoms with Crippen LogP contribution in [0.25, 0.3) is 0 Å². The maximum absolute atomic E-state index is 16.1. The van der Waals surface area contributed by atoms with E-state index in [-0.39, 0.29) is 0 Å². The van der Waals surface area contributed by atoms with Crippen molar-refractivity contribution < 1.29 is 8.78 Å². The summed E-state index contributed by atoms with van der Waals surface area (Å²) in [4.78, 5) is 2.53. The number of rotatable bonds is 10. The highest BCUT2D eigenvalue weighted by Crippen LogP contribution is 2.49. The summed E-state index contributed by atoms with van der Waals surface area (Å²) in [5, 5.41) is 7.32. The second-order valence-corrected chi connectivity index (χ2v) is 10.5. The Morgan fingerprint density at radius 3 is 1.81 bits per heavy atom. The van der Waals surface area contributed by atoms with E-state index in [0.717, 1.165) is 74.7 Å². The molecule has 0 N–H and O–H groups in total. The third-order valence-corrected chi connectivity index (χ3v) is 8.28.